The molecule has 0 atom stereocenters. The molecule has 0 aliphatic rings. The minimum atomic E-state index is -0.621. The van der Waals surface area contributed by atoms with Gasteiger partial charge in [-0.25, -0.2) is 14.2 Å². The van der Waals surface area contributed by atoms with Crippen molar-refractivity contribution in [3.63, 3.8) is 0 Å². The summed E-state index contributed by atoms with van der Waals surface area (Å²) in [5.41, 5.74) is -0.448. The van der Waals surface area contributed by atoms with E-state index in [0.29, 0.717) is 3.70 Å². The maximum Gasteiger partial charge on any atom is 0.420 e. The highest BCUT2D eigenvalue weighted by Gasteiger charge is 2.25. The molecular formula is C13H18INO4. The van der Waals surface area contributed by atoms with Gasteiger partial charge in [-0.1, -0.05) is 0 Å². The number of hydrogen-bond acceptors (Lipinski definition) is 4. The molecule has 1 rings (SSSR count). The topological polar surface area (TPSA) is 57.5 Å². The second-order valence-corrected chi connectivity index (χ2v) is 6.42. The number of nitrogens with zero attached hydrogens (tertiary/aromatic N) is 1. The van der Waals surface area contributed by atoms with Crippen LogP contribution >= 0.6 is 22.6 Å². The molecule has 19 heavy (non-hydrogen) atoms. The SMILES string of the molecule is CC(C)OC(=O)c1ccc(I)n1C(=O)OC(C)(C)C. The quantitative estimate of drug-likeness (QED) is 0.584. The molecule has 0 saturated heterocycles. The lowest BCUT2D eigenvalue weighted by Crippen LogP contribution is -2.30. The van der Waals surface area contributed by atoms with Crippen LogP contribution in [0.2, 0.25) is 0 Å². The first-order valence-corrected chi connectivity index (χ1v) is 7.01. The molecule has 0 spiro atoms. The molecule has 0 radical (unpaired) electrons. The van der Waals surface area contributed by atoms with Gasteiger partial charge in [0, 0.05) is 0 Å². The highest BCUT2D eigenvalue weighted by Crippen LogP contribution is 2.17. The van der Waals surface area contributed by atoms with Crippen molar-refractivity contribution in [2.24, 2.45) is 0 Å². The number of ether oxygens (including phenoxy) is 2. The van der Waals surface area contributed by atoms with Gasteiger partial charge in [0.05, 0.1) is 9.80 Å². The summed E-state index contributed by atoms with van der Waals surface area (Å²) in [6.45, 7) is 8.82. The zero-order valence-electron chi connectivity index (χ0n) is 11.7. The average molecular weight is 379 g/mol. The van der Waals surface area contributed by atoms with E-state index in [2.05, 4.69) is 0 Å². The predicted octanol–water partition coefficient (Wildman–Crippen LogP) is 3.44. The van der Waals surface area contributed by atoms with E-state index in [1.807, 2.05) is 22.6 Å². The van der Waals surface area contributed by atoms with Crippen LogP contribution in [0.4, 0.5) is 4.79 Å². The van der Waals surface area contributed by atoms with Crippen LogP contribution in [0, 0.1) is 3.70 Å². The Kier molecular flexibility index (Phi) is 5.00. The van der Waals surface area contributed by atoms with Crippen LogP contribution in [-0.2, 0) is 9.47 Å². The largest absolute Gasteiger partial charge is 0.458 e. The van der Waals surface area contributed by atoms with Crippen molar-refractivity contribution in [1.82, 2.24) is 4.57 Å². The van der Waals surface area contributed by atoms with Gasteiger partial charge in [0.25, 0.3) is 0 Å². The van der Waals surface area contributed by atoms with Crippen molar-refractivity contribution in [1.29, 1.82) is 0 Å². The average Bonchev–Trinajstić information content (AvgIpc) is 2.56. The molecule has 0 amide bonds. The van der Waals surface area contributed by atoms with Crippen molar-refractivity contribution in [2.75, 3.05) is 0 Å². The van der Waals surface area contributed by atoms with Crippen molar-refractivity contribution in [3.8, 4) is 0 Å². The van der Waals surface area contributed by atoms with E-state index in [1.165, 1.54) is 4.57 Å². The van der Waals surface area contributed by atoms with Crippen LogP contribution in [0.15, 0.2) is 12.1 Å². The Morgan fingerprint density at radius 1 is 1.26 bits per heavy atom. The van der Waals surface area contributed by atoms with E-state index in [9.17, 15) is 9.59 Å². The van der Waals surface area contributed by atoms with Gasteiger partial charge < -0.3 is 9.47 Å². The number of carbonyl (C=O) groups is 2. The highest BCUT2D eigenvalue weighted by molar-refractivity contribution is 14.1. The Labute approximate surface area is 126 Å². The molecule has 0 saturated carbocycles. The second kappa shape index (κ2) is 5.94. The summed E-state index contributed by atoms with van der Waals surface area (Å²) < 4.78 is 12.2. The Morgan fingerprint density at radius 3 is 2.32 bits per heavy atom. The van der Waals surface area contributed by atoms with E-state index in [-0.39, 0.29) is 11.8 Å². The van der Waals surface area contributed by atoms with Gasteiger partial charge in [-0.05, 0) is 69.3 Å². The maximum absolute atomic E-state index is 12.1. The van der Waals surface area contributed by atoms with Crippen LogP contribution in [0.5, 0.6) is 0 Å². The molecule has 0 unspecified atom stereocenters. The van der Waals surface area contributed by atoms with Crippen molar-refractivity contribution >= 4 is 34.7 Å². The number of halogens is 1. The smallest absolute Gasteiger partial charge is 0.420 e. The lowest BCUT2D eigenvalue weighted by Gasteiger charge is -2.20. The fourth-order valence-corrected chi connectivity index (χ4v) is 1.98. The molecule has 0 bridgehead atoms. The standard InChI is InChI=1S/C13H18INO4/c1-8(2)18-11(16)9-6-7-10(14)15(9)12(17)19-13(3,4)5/h6-8H,1-5H3. The molecule has 0 aliphatic carbocycles. The molecule has 1 aromatic heterocycles. The Hall–Kier alpha value is -1.05. The van der Waals surface area contributed by atoms with Crippen LogP contribution in [0.1, 0.15) is 45.1 Å². The number of rotatable bonds is 2. The normalized spacial score (nSPS) is 11.5. The van der Waals surface area contributed by atoms with Gasteiger partial charge >= 0.3 is 12.1 Å². The lowest BCUT2D eigenvalue weighted by molar-refractivity contribution is 0.0336. The summed E-state index contributed by atoms with van der Waals surface area (Å²) in [4.78, 5) is 24.0. The second-order valence-electron chi connectivity index (χ2n) is 5.31. The van der Waals surface area contributed by atoms with E-state index >= 15 is 0 Å². The van der Waals surface area contributed by atoms with E-state index in [0.717, 1.165) is 0 Å². The molecule has 1 heterocycles. The lowest BCUT2D eigenvalue weighted by atomic mass is 10.2. The minimum absolute atomic E-state index is 0.173. The summed E-state index contributed by atoms with van der Waals surface area (Å²) in [7, 11) is 0. The summed E-state index contributed by atoms with van der Waals surface area (Å²) in [5, 5.41) is 0. The maximum atomic E-state index is 12.1. The van der Waals surface area contributed by atoms with Crippen molar-refractivity contribution in [2.45, 2.75) is 46.3 Å². The molecular weight excluding hydrogens is 361 g/mol. The van der Waals surface area contributed by atoms with Crippen LogP contribution in [-0.4, -0.2) is 28.3 Å². The van der Waals surface area contributed by atoms with Gasteiger partial charge in [-0.3, -0.25) is 0 Å². The zero-order valence-corrected chi connectivity index (χ0v) is 13.8. The molecule has 5 nitrogen and oxygen atoms in total. The first kappa shape index (κ1) is 16.0. The summed E-state index contributed by atoms with van der Waals surface area (Å²) in [6.07, 6.45) is -0.829. The molecule has 0 aromatic carbocycles. The summed E-state index contributed by atoms with van der Waals surface area (Å²) >= 11 is 1.97. The Bertz CT molecular complexity index is 485. The molecule has 1 aromatic rings. The third-order valence-corrected chi connectivity index (χ3v) is 2.80. The van der Waals surface area contributed by atoms with Crippen LogP contribution in [0.3, 0.4) is 0 Å². The molecule has 0 aliphatic heterocycles. The fourth-order valence-electron chi connectivity index (χ4n) is 1.34. The zero-order chi connectivity index (χ0) is 14.8. The van der Waals surface area contributed by atoms with Crippen LogP contribution < -0.4 is 0 Å². The number of esters is 1. The molecule has 106 valence electrons. The number of carbonyl (C=O) groups excluding carboxylic acids is 2. The van der Waals surface area contributed by atoms with Gasteiger partial charge in [0.2, 0.25) is 0 Å². The summed E-state index contributed by atoms with van der Waals surface area (Å²) in [6, 6.07) is 3.22. The first-order chi connectivity index (χ1) is 8.61. The van der Waals surface area contributed by atoms with E-state index in [4.69, 9.17) is 9.47 Å². The number of aromatic nitrogens is 1. The number of hydrogen-bond donors (Lipinski definition) is 0. The molecule has 0 N–H and O–H groups in total. The summed E-state index contributed by atoms with van der Waals surface area (Å²) in [5.74, 6) is -0.538. The molecule has 6 heteroatoms. The first-order valence-electron chi connectivity index (χ1n) is 5.93. The van der Waals surface area contributed by atoms with E-state index in [1.54, 1.807) is 46.8 Å². The third kappa shape index (κ3) is 4.52. The van der Waals surface area contributed by atoms with Gasteiger partial charge in [0.1, 0.15) is 11.3 Å². The van der Waals surface area contributed by atoms with Gasteiger partial charge in [-0.2, -0.15) is 0 Å². The third-order valence-electron chi connectivity index (χ3n) is 1.96. The van der Waals surface area contributed by atoms with Crippen molar-refractivity contribution < 1.29 is 19.1 Å². The van der Waals surface area contributed by atoms with Gasteiger partial charge in [-0.15, -0.1) is 0 Å². The fraction of sp³-hybridized carbons (Fsp3) is 0.538. The minimum Gasteiger partial charge on any atom is -0.458 e. The molecule has 0 fully saturated rings. The van der Waals surface area contributed by atoms with Crippen LogP contribution in [0.25, 0.3) is 0 Å². The Morgan fingerprint density at radius 2 is 1.84 bits per heavy atom. The van der Waals surface area contributed by atoms with Gasteiger partial charge in [0.15, 0.2) is 0 Å². The predicted molar refractivity (Wildman–Crippen MR) is 79.3 cm³/mol. The highest BCUT2D eigenvalue weighted by atomic mass is 127. The van der Waals surface area contributed by atoms with E-state index < -0.39 is 17.7 Å². The Balaban J connectivity index is 3.04. The monoisotopic (exact) mass is 379 g/mol. The van der Waals surface area contributed by atoms with Crippen molar-refractivity contribution in [3.05, 3.63) is 21.5 Å².